The van der Waals surface area contributed by atoms with Crippen molar-refractivity contribution in [2.24, 2.45) is 0 Å². The molecule has 23 heavy (non-hydrogen) atoms. The molecule has 0 saturated heterocycles. The van der Waals surface area contributed by atoms with Crippen molar-refractivity contribution in [3.8, 4) is 0 Å². The number of fused-ring (bicyclic) bond motifs is 1. The third kappa shape index (κ3) is 3.76. The topological polar surface area (TPSA) is 59.2 Å². The maximum atomic E-state index is 12.2. The van der Waals surface area contributed by atoms with E-state index < -0.39 is 0 Å². The molecular weight excluding hydrogens is 306 g/mol. The number of hydrogen-bond acceptors (Lipinski definition) is 4. The Labute approximate surface area is 138 Å². The quantitative estimate of drug-likeness (QED) is 0.747. The minimum atomic E-state index is -0.0423. The van der Waals surface area contributed by atoms with Crippen LogP contribution in [-0.2, 0) is 11.3 Å². The molecule has 3 rings (SSSR count). The van der Waals surface area contributed by atoms with E-state index in [1.807, 2.05) is 18.2 Å². The van der Waals surface area contributed by atoms with Gasteiger partial charge in [0.05, 0.1) is 6.54 Å². The van der Waals surface area contributed by atoms with Crippen molar-refractivity contribution in [2.45, 2.75) is 6.54 Å². The molecule has 0 aliphatic carbocycles. The van der Waals surface area contributed by atoms with E-state index in [0.29, 0.717) is 12.4 Å². The molecule has 0 bridgehead atoms. The second-order valence-electron chi connectivity index (χ2n) is 5.29. The summed E-state index contributed by atoms with van der Waals surface area (Å²) < 4.78 is 1.24. The molecule has 0 radical (unpaired) electrons. The molecule has 0 aliphatic heterocycles. The van der Waals surface area contributed by atoms with Gasteiger partial charge in [-0.25, -0.2) is 4.98 Å². The number of rotatable bonds is 4. The van der Waals surface area contributed by atoms with Gasteiger partial charge in [-0.15, -0.1) is 11.3 Å². The highest BCUT2D eigenvalue weighted by Gasteiger charge is 2.08. The molecule has 0 fully saturated rings. The zero-order chi connectivity index (χ0) is 16.2. The second-order valence-corrected chi connectivity index (χ2v) is 6.46. The molecule has 2 heterocycles. The first-order valence-corrected chi connectivity index (χ1v) is 8.05. The van der Waals surface area contributed by atoms with Crippen molar-refractivity contribution in [1.82, 2.24) is 9.88 Å². The van der Waals surface area contributed by atoms with Gasteiger partial charge < -0.3 is 10.6 Å². The van der Waals surface area contributed by atoms with Gasteiger partial charge in [0.25, 0.3) is 0 Å². The van der Waals surface area contributed by atoms with Crippen molar-refractivity contribution < 1.29 is 4.79 Å². The summed E-state index contributed by atoms with van der Waals surface area (Å²) in [5.41, 5.74) is 6.39. The molecule has 0 spiro atoms. The number of aromatic nitrogens is 1. The molecule has 3 aromatic rings. The molecule has 2 aromatic heterocycles. The zero-order valence-electron chi connectivity index (χ0n) is 12.8. The highest BCUT2D eigenvalue weighted by atomic mass is 32.1. The van der Waals surface area contributed by atoms with E-state index in [-0.39, 0.29) is 5.91 Å². The van der Waals surface area contributed by atoms with Gasteiger partial charge in [-0.2, -0.15) is 0 Å². The summed E-state index contributed by atoms with van der Waals surface area (Å²) in [5.74, 6) is 0.426. The third-order valence-electron chi connectivity index (χ3n) is 3.47. The zero-order valence-corrected chi connectivity index (χ0v) is 13.6. The number of anilines is 1. The first kappa shape index (κ1) is 15.2. The molecule has 1 aromatic carbocycles. The minimum absolute atomic E-state index is 0.0423. The molecule has 0 saturated carbocycles. The lowest BCUT2D eigenvalue weighted by Crippen LogP contribution is -2.23. The van der Waals surface area contributed by atoms with Gasteiger partial charge in [-0.1, -0.05) is 18.2 Å². The van der Waals surface area contributed by atoms with Gasteiger partial charge >= 0.3 is 0 Å². The Morgan fingerprint density at radius 2 is 2.13 bits per heavy atom. The van der Waals surface area contributed by atoms with E-state index >= 15 is 0 Å². The van der Waals surface area contributed by atoms with Crippen LogP contribution in [0, 0.1) is 0 Å². The molecule has 5 heteroatoms. The number of thiophene rings is 1. The van der Waals surface area contributed by atoms with Gasteiger partial charge in [-0.3, -0.25) is 4.79 Å². The van der Waals surface area contributed by atoms with Crippen LogP contribution in [-0.4, -0.2) is 22.8 Å². The van der Waals surface area contributed by atoms with Gasteiger partial charge in [0, 0.05) is 28.9 Å². The standard InChI is InChI=1S/C18H17N3OS/c1-21(12-15-10-14-4-2-3-5-16(14)23-15)18(22)9-7-13-6-8-17(19)20-11-13/h2-11H,12H2,1H3,(H2,19,20)/b9-7+. The van der Waals surface area contributed by atoms with E-state index in [9.17, 15) is 4.79 Å². The number of pyridine rings is 1. The molecule has 0 aliphatic rings. The van der Waals surface area contributed by atoms with E-state index in [0.717, 1.165) is 5.56 Å². The smallest absolute Gasteiger partial charge is 0.246 e. The fourth-order valence-electron chi connectivity index (χ4n) is 2.24. The molecule has 116 valence electrons. The molecule has 0 atom stereocenters. The summed E-state index contributed by atoms with van der Waals surface area (Å²) in [6.07, 6.45) is 4.95. The number of likely N-dealkylation sites (N-methyl/N-ethyl adjacent to an activating group) is 1. The minimum Gasteiger partial charge on any atom is -0.384 e. The average molecular weight is 323 g/mol. The summed E-state index contributed by atoms with van der Waals surface area (Å²) in [6, 6.07) is 13.9. The van der Waals surface area contributed by atoms with Gasteiger partial charge in [0.15, 0.2) is 0 Å². The molecular formula is C18H17N3OS. The number of nitrogen functional groups attached to an aromatic ring is 1. The Hall–Kier alpha value is -2.66. The van der Waals surface area contributed by atoms with Crippen LogP contribution in [0.5, 0.6) is 0 Å². The third-order valence-corrected chi connectivity index (χ3v) is 4.57. The van der Waals surface area contributed by atoms with Gasteiger partial charge in [-0.05, 0) is 41.3 Å². The van der Waals surface area contributed by atoms with Crippen molar-refractivity contribution in [3.05, 3.63) is 65.2 Å². The van der Waals surface area contributed by atoms with Crippen molar-refractivity contribution >= 4 is 39.2 Å². The monoisotopic (exact) mass is 323 g/mol. The van der Waals surface area contributed by atoms with Crippen molar-refractivity contribution in [1.29, 1.82) is 0 Å². The van der Waals surface area contributed by atoms with Gasteiger partial charge in [0.1, 0.15) is 5.82 Å². The summed E-state index contributed by atoms with van der Waals surface area (Å²) >= 11 is 1.72. The van der Waals surface area contributed by atoms with Crippen molar-refractivity contribution in [2.75, 3.05) is 12.8 Å². The predicted molar refractivity (Wildman–Crippen MR) is 96.0 cm³/mol. The lowest BCUT2D eigenvalue weighted by atomic mass is 10.2. The molecule has 2 N–H and O–H groups in total. The van der Waals surface area contributed by atoms with Crippen LogP contribution in [0.15, 0.2) is 54.7 Å². The average Bonchev–Trinajstić information content (AvgIpc) is 2.96. The molecule has 0 unspecified atom stereocenters. The maximum Gasteiger partial charge on any atom is 0.246 e. The number of nitrogens with two attached hydrogens (primary N) is 1. The Morgan fingerprint density at radius 1 is 1.30 bits per heavy atom. The van der Waals surface area contributed by atoms with Crippen LogP contribution in [0.25, 0.3) is 16.2 Å². The highest BCUT2D eigenvalue weighted by Crippen LogP contribution is 2.26. The number of carbonyl (C=O) groups is 1. The summed E-state index contributed by atoms with van der Waals surface area (Å²) in [6.45, 7) is 0.600. The summed E-state index contributed by atoms with van der Waals surface area (Å²) in [4.78, 5) is 19.1. The maximum absolute atomic E-state index is 12.2. The Bertz CT molecular complexity index is 819. The Kier molecular flexibility index (Phi) is 4.39. The van der Waals surface area contributed by atoms with Crippen LogP contribution >= 0.6 is 11.3 Å². The van der Waals surface area contributed by atoms with E-state index in [4.69, 9.17) is 5.73 Å². The SMILES string of the molecule is CN(Cc1cc2ccccc2s1)C(=O)/C=C/c1ccc(N)nc1. The van der Waals surface area contributed by atoms with Gasteiger partial charge in [0.2, 0.25) is 5.91 Å². The first-order chi connectivity index (χ1) is 11.1. The number of hydrogen-bond donors (Lipinski definition) is 1. The summed E-state index contributed by atoms with van der Waals surface area (Å²) in [7, 11) is 1.80. The van der Waals surface area contributed by atoms with E-state index in [2.05, 4.69) is 23.2 Å². The van der Waals surface area contributed by atoms with Crippen LogP contribution < -0.4 is 5.73 Å². The lowest BCUT2D eigenvalue weighted by molar-refractivity contribution is -0.125. The number of carbonyl (C=O) groups excluding carboxylic acids is 1. The highest BCUT2D eigenvalue weighted by molar-refractivity contribution is 7.19. The van der Waals surface area contributed by atoms with E-state index in [1.165, 1.54) is 15.0 Å². The molecule has 4 nitrogen and oxygen atoms in total. The fourth-order valence-corrected chi connectivity index (χ4v) is 3.35. The van der Waals surface area contributed by atoms with Crippen LogP contribution in [0.3, 0.4) is 0 Å². The van der Waals surface area contributed by atoms with Crippen molar-refractivity contribution in [3.63, 3.8) is 0 Å². The summed E-state index contributed by atoms with van der Waals surface area (Å²) in [5, 5.41) is 1.22. The Balaban J connectivity index is 1.66. The normalized spacial score (nSPS) is 11.2. The number of benzene rings is 1. The van der Waals surface area contributed by atoms with Crippen LogP contribution in [0.2, 0.25) is 0 Å². The first-order valence-electron chi connectivity index (χ1n) is 7.24. The largest absolute Gasteiger partial charge is 0.384 e. The second kappa shape index (κ2) is 6.62. The van der Waals surface area contributed by atoms with E-state index in [1.54, 1.807) is 47.7 Å². The van der Waals surface area contributed by atoms with Crippen LogP contribution in [0.1, 0.15) is 10.4 Å². The predicted octanol–water partition coefficient (Wildman–Crippen LogP) is 3.55. The fraction of sp³-hybridized carbons (Fsp3) is 0.111. The lowest BCUT2D eigenvalue weighted by Gasteiger charge is -2.13. The van der Waals surface area contributed by atoms with Crippen LogP contribution in [0.4, 0.5) is 5.82 Å². The number of amides is 1. The Morgan fingerprint density at radius 3 is 2.87 bits per heavy atom. The molecule has 1 amide bonds. The number of nitrogens with zero attached hydrogens (tertiary/aromatic N) is 2.